The highest BCUT2D eigenvalue weighted by Gasteiger charge is 2.17. The minimum atomic E-state index is -0.416. The van der Waals surface area contributed by atoms with Crippen LogP contribution in [0.25, 0.3) is 0 Å². The van der Waals surface area contributed by atoms with E-state index in [1.54, 1.807) is 12.1 Å². The molecule has 6 nitrogen and oxygen atoms in total. The Labute approximate surface area is 142 Å². The van der Waals surface area contributed by atoms with Crippen LogP contribution >= 0.6 is 0 Å². The third-order valence-electron chi connectivity index (χ3n) is 4.00. The number of hydrogen-bond acceptors (Lipinski definition) is 5. The smallest absolute Gasteiger partial charge is 0.338 e. The summed E-state index contributed by atoms with van der Waals surface area (Å²) in [6.07, 6.45) is 5.16. The Hall–Kier alpha value is -2.24. The zero-order valence-electron chi connectivity index (χ0n) is 14.3. The summed E-state index contributed by atoms with van der Waals surface area (Å²) in [6, 6.07) is 4.72. The second kappa shape index (κ2) is 9.15. The van der Waals surface area contributed by atoms with Crippen LogP contribution in [0.3, 0.4) is 0 Å². The average molecular weight is 334 g/mol. The van der Waals surface area contributed by atoms with Gasteiger partial charge in [0.25, 0.3) is 5.91 Å². The van der Waals surface area contributed by atoms with Crippen LogP contribution in [0.5, 0.6) is 5.75 Å². The zero-order chi connectivity index (χ0) is 17.4. The number of nitrogens with two attached hydrogens (primary N) is 1. The predicted molar refractivity (Wildman–Crippen MR) is 92.0 cm³/mol. The number of nitrogen functional groups attached to an aromatic ring is 1. The molecule has 0 saturated carbocycles. The molecule has 1 aromatic rings. The topological polar surface area (TPSA) is 81.9 Å². The Morgan fingerprint density at radius 3 is 2.54 bits per heavy atom. The van der Waals surface area contributed by atoms with Gasteiger partial charge in [-0.05, 0) is 37.5 Å². The maximum absolute atomic E-state index is 12.3. The molecule has 0 atom stereocenters. The van der Waals surface area contributed by atoms with Gasteiger partial charge in [0.1, 0.15) is 5.75 Å². The molecule has 1 aliphatic rings. The van der Waals surface area contributed by atoms with Crippen molar-refractivity contribution in [2.45, 2.75) is 39.0 Å². The van der Waals surface area contributed by atoms with E-state index in [0.29, 0.717) is 23.6 Å². The quantitative estimate of drug-likeness (QED) is 0.639. The Bertz CT molecular complexity index is 566. The van der Waals surface area contributed by atoms with E-state index in [1.807, 2.05) is 11.8 Å². The first-order chi connectivity index (χ1) is 11.6. The molecule has 132 valence electrons. The number of likely N-dealkylation sites (tertiary alicyclic amines) is 1. The van der Waals surface area contributed by atoms with Gasteiger partial charge in [0.15, 0.2) is 6.61 Å². The molecule has 1 aliphatic heterocycles. The molecule has 0 unspecified atom stereocenters. The molecule has 2 N–H and O–H groups in total. The largest absolute Gasteiger partial charge is 0.482 e. The van der Waals surface area contributed by atoms with Crippen molar-refractivity contribution in [3.63, 3.8) is 0 Å². The lowest BCUT2D eigenvalue weighted by atomic mass is 10.2. The lowest BCUT2D eigenvalue weighted by Crippen LogP contribution is -2.35. The number of hydrogen-bond donors (Lipinski definition) is 1. The normalized spacial score (nSPS) is 14.8. The van der Waals surface area contributed by atoms with Gasteiger partial charge in [-0.1, -0.05) is 19.8 Å². The van der Waals surface area contributed by atoms with Crippen molar-refractivity contribution >= 4 is 17.6 Å². The average Bonchev–Trinajstić information content (AvgIpc) is 2.88. The maximum Gasteiger partial charge on any atom is 0.338 e. The summed E-state index contributed by atoms with van der Waals surface area (Å²) < 4.78 is 10.7. The van der Waals surface area contributed by atoms with Gasteiger partial charge in [0.2, 0.25) is 0 Å². The minimum absolute atomic E-state index is 0.0461. The van der Waals surface area contributed by atoms with E-state index < -0.39 is 5.97 Å². The second-order valence-corrected chi connectivity index (χ2v) is 5.97. The summed E-state index contributed by atoms with van der Waals surface area (Å²) in [6.45, 7) is 3.78. The Kier molecular flexibility index (Phi) is 6.90. The van der Waals surface area contributed by atoms with Gasteiger partial charge in [-0.2, -0.15) is 0 Å². The van der Waals surface area contributed by atoms with Crippen molar-refractivity contribution in [2.75, 3.05) is 32.0 Å². The Balaban J connectivity index is 1.95. The summed E-state index contributed by atoms with van der Waals surface area (Å²) in [4.78, 5) is 26.0. The molecule has 0 bridgehead atoms. The van der Waals surface area contributed by atoms with Crippen molar-refractivity contribution in [2.24, 2.45) is 0 Å². The fourth-order valence-electron chi connectivity index (χ4n) is 2.62. The summed E-state index contributed by atoms with van der Waals surface area (Å²) in [7, 11) is 0. The standard InChI is InChI=1S/C18H26N2O4/c1-2-11-23-18(22)14-7-8-15(19)16(12-14)24-13-17(21)20-9-5-3-4-6-10-20/h7-8,12H,2-6,9-11,13,19H2,1H3. The molecule has 1 saturated heterocycles. The fourth-order valence-corrected chi connectivity index (χ4v) is 2.62. The molecule has 0 spiro atoms. The first-order valence-corrected chi connectivity index (χ1v) is 8.59. The van der Waals surface area contributed by atoms with Crippen LogP contribution < -0.4 is 10.5 Å². The number of benzene rings is 1. The van der Waals surface area contributed by atoms with E-state index in [9.17, 15) is 9.59 Å². The van der Waals surface area contributed by atoms with Crippen molar-refractivity contribution in [3.8, 4) is 5.75 Å². The summed E-state index contributed by atoms with van der Waals surface area (Å²) in [5, 5.41) is 0. The molecule has 1 heterocycles. The summed E-state index contributed by atoms with van der Waals surface area (Å²) in [5.74, 6) is -0.125. The van der Waals surface area contributed by atoms with Crippen LogP contribution in [-0.4, -0.2) is 43.1 Å². The lowest BCUT2D eigenvalue weighted by Gasteiger charge is -2.20. The first-order valence-electron chi connectivity index (χ1n) is 8.59. The van der Waals surface area contributed by atoms with Crippen LogP contribution in [0.4, 0.5) is 5.69 Å². The third kappa shape index (κ3) is 5.15. The number of carbonyl (C=O) groups is 2. The third-order valence-corrected chi connectivity index (χ3v) is 4.00. The highest BCUT2D eigenvalue weighted by molar-refractivity contribution is 5.90. The molecule has 0 radical (unpaired) electrons. The van der Waals surface area contributed by atoms with Crippen molar-refractivity contribution < 1.29 is 19.1 Å². The van der Waals surface area contributed by atoms with E-state index >= 15 is 0 Å². The van der Waals surface area contributed by atoms with Gasteiger partial charge in [0, 0.05) is 13.1 Å². The Morgan fingerprint density at radius 2 is 1.88 bits per heavy atom. The SMILES string of the molecule is CCCOC(=O)c1ccc(N)c(OCC(=O)N2CCCCCC2)c1. The predicted octanol–water partition coefficient (Wildman–Crippen LogP) is 2.62. The molecule has 2 rings (SSSR count). The highest BCUT2D eigenvalue weighted by Crippen LogP contribution is 2.23. The Morgan fingerprint density at radius 1 is 1.17 bits per heavy atom. The van der Waals surface area contributed by atoms with Crippen molar-refractivity contribution in [1.82, 2.24) is 4.90 Å². The van der Waals surface area contributed by atoms with E-state index in [2.05, 4.69) is 0 Å². The van der Waals surface area contributed by atoms with E-state index in [-0.39, 0.29) is 12.5 Å². The molecular formula is C18H26N2O4. The van der Waals surface area contributed by atoms with E-state index in [1.165, 1.54) is 18.9 Å². The molecule has 24 heavy (non-hydrogen) atoms. The van der Waals surface area contributed by atoms with Crippen LogP contribution in [0, 0.1) is 0 Å². The fraction of sp³-hybridized carbons (Fsp3) is 0.556. The van der Waals surface area contributed by atoms with Gasteiger partial charge >= 0.3 is 5.97 Å². The van der Waals surface area contributed by atoms with Crippen LogP contribution in [-0.2, 0) is 9.53 Å². The van der Waals surface area contributed by atoms with E-state index in [4.69, 9.17) is 15.2 Å². The number of esters is 1. The molecule has 1 aromatic carbocycles. The molecule has 0 aliphatic carbocycles. The molecular weight excluding hydrogens is 308 g/mol. The monoisotopic (exact) mass is 334 g/mol. The number of amides is 1. The molecule has 1 amide bonds. The van der Waals surface area contributed by atoms with E-state index in [0.717, 1.165) is 32.4 Å². The highest BCUT2D eigenvalue weighted by atomic mass is 16.5. The number of ether oxygens (including phenoxy) is 2. The van der Waals surface area contributed by atoms with Crippen molar-refractivity contribution in [3.05, 3.63) is 23.8 Å². The molecule has 6 heteroatoms. The number of anilines is 1. The van der Waals surface area contributed by atoms with Gasteiger partial charge in [-0.25, -0.2) is 4.79 Å². The molecule has 1 fully saturated rings. The minimum Gasteiger partial charge on any atom is -0.482 e. The number of nitrogens with zero attached hydrogens (tertiary/aromatic N) is 1. The maximum atomic E-state index is 12.3. The summed E-state index contributed by atoms with van der Waals surface area (Å²) in [5.41, 5.74) is 6.64. The van der Waals surface area contributed by atoms with Crippen molar-refractivity contribution in [1.29, 1.82) is 0 Å². The first kappa shape index (κ1) is 18.1. The van der Waals surface area contributed by atoms with Crippen LogP contribution in [0.1, 0.15) is 49.4 Å². The zero-order valence-corrected chi connectivity index (χ0v) is 14.3. The lowest BCUT2D eigenvalue weighted by molar-refractivity contribution is -0.133. The number of rotatable bonds is 6. The van der Waals surface area contributed by atoms with Crippen LogP contribution in [0.15, 0.2) is 18.2 Å². The van der Waals surface area contributed by atoms with Gasteiger partial charge < -0.3 is 20.1 Å². The molecule has 0 aromatic heterocycles. The second-order valence-electron chi connectivity index (χ2n) is 5.97. The van der Waals surface area contributed by atoms with Gasteiger partial charge in [-0.3, -0.25) is 4.79 Å². The number of carbonyl (C=O) groups excluding carboxylic acids is 2. The van der Waals surface area contributed by atoms with Gasteiger partial charge in [0.05, 0.1) is 17.9 Å². The van der Waals surface area contributed by atoms with Crippen LogP contribution in [0.2, 0.25) is 0 Å². The summed E-state index contributed by atoms with van der Waals surface area (Å²) >= 11 is 0. The van der Waals surface area contributed by atoms with Gasteiger partial charge in [-0.15, -0.1) is 0 Å².